The summed E-state index contributed by atoms with van der Waals surface area (Å²) in [6.07, 6.45) is 3.17. The van der Waals surface area contributed by atoms with Crippen molar-refractivity contribution >= 4 is 15.7 Å². The molecule has 0 aliphatic carbocycles. The molecule has 3 N–H and O–H groups in total. The van der Waals surface area contributed by atoms with Crippen LogP contribution in [-0.4, -0.2) is 13.4 Å². The molecule has 0 saturated carbocycles. The molecule has 5 nitrogen and oxygen atoms in total. The first-order valence-electron chi connectivity index (χ1n) is 6.29. The normalized spacial score (nSPS) is 13.1. The minimum Gasteiger partial charge on any atom is -0.399 e. The number of benzene rings is 1. The van der Waals surface area contributed by atoms with E-state index in [-0.39, 0.29) is 16.1 Å². The molecule has 0 aliphatic heterocycles. The molecule has 0 fully saturated rings. The van der Waals surface area contributed by atoms with Crippen LogP contribution in [-0.2, 0) is 10.0 Å². The van der Waals surface area contributed by atoms with Crippen LogP contribution < -0.4 is 10.5 Å². The number of hydrogen-bond acceptors (Lipinski definition) is 4. The van der Waals surface area contributed by atoms with E-state index in [2.05, 4.69) is 9.71 Å². The maximum absolute atomic E-state index is 13.6. The highest BCUT2D eigenvalue weighted by Gasteiger charge is 2.22. The number of sulfonamides is 1. The third-order valence-electron chi connectivity index (χ3n) is 3.12. The molecule has 2 aromatic rings. The summed E-state index contributed by atoms with van der Waals surface area (Å²) in [5.41, 5.74) is 6.34. The summed E-state index contributed by atoms with van der Waals surface area (Å²) in [4.78, 5) is 3.78. The number of pyridine rings is 1. The van der Waals surface area contributed by atoms with Crippen molar-refractivity contribution in [3.05, 3.63) is 53.6 Å². The van der Waals surface area contributed by atoms with Gasteiger partial charge in [-0.15, -0.1) is 0 Å². The molecule has 7 heteroatoms. The van der Waals surface area contributed by atoms with Crippen LogP contribution in [0.25, 0.3) is 0 Å². The summed E-state index contributed by atoms with van der Waals surface area (Å²) < 4.78 is 40.9. The predicted octanol–water partition coefficient (Wildman–Crippen LogP) is 2.15. The molecule has 21 heavy (non-hydrogen) atoms. The van der Waals surface area contributed by atoms with Crippen molar-refractivity contribution in [2.45, 2.75) is 24.8 Å². The summed E-state index contributed by atoms with van der Waals surface area (Å²) in [5.74, 6) is -0.649. The van der Waals surface area contributed by atoms with Gasteiger partial charge in [0.05, 0.1) is 4.90 Å². The van der Waals surface area contributed by atoms with Crippen LogP contribution in [0.5, 0.6) is 0 Å². The Balaban J connectivity index is 2.35. The third-order valence-corrected chi connectivity index (χ3v) is 4.79. The van der Waals surface area contributed by atoms with Gasteiger partial charge in [-0.25, -0.2) is 17.5 Å². The van der Waals surface area contributed by atoms with Crippen LogP contribution in [0, 0.1) is 12.7 Å². The Morgan fingerprint density at radius 2 is 2.10 bits per heavy atom. The SMILES string of the molecule is Cc1c(F)cc(N)cc1S(=O)(=O)NC(C)c1cccnc1. The number of aromatic nitrogens is 1. The fourth-order valence-corrected chi connectivity index (χ4v) is 3.47. The molecule has 1 unspecified atom stereocenters. The lowest BCUT2D eigenvalue weighted by atomic mass is 10.2. The molecule has 1 aromatic heterocycles. The smallest absolute Gasteiger partial charge is 0.241 e. The van der Waals surface area contributed by atoms with Crippen molar-refractivity contribution in [3.63, 3.8) is 0 Å². The quantitative estimate of drug-likeness (QED) is 0.847. The van der Waals surface area contributed by atoms with Gasteiger partial charge in [0, 0.05) is 29.7 Å². The first-order valence-corrected chi connectivity index (χ1v) is 7.77. The van der Waals surface area contributed by atoms with E-state index in [4.69, 9.17) is 5.73 Å². The Kier molecular flexibility index (Phi) is 4.24. The summed E-state index contributed by atoms with van der Waals surface area (Å²) in [6.45, 7) is 3.09. The molecule has 0 spiro atoms. The Bertz CT molecular complexity index is 748. The molecular formula is C14H16FN3O2S. The topological polar surface area (TPSA) is 85.1 Å². The Labute approximate surface area is 123 Å². The van der Waals surface area contributed by atoms with E-state index >= 15 is 0 Å². The highest BCUT2D eigenvalue weighted by atomic mass is 32.2. The third kappa shape index (κ3) is 3.37. The van der Waals surface area contributed by atoms with Crippen LogP contribution in [0.1, 0.15) is 24.1 Å². The number of nitrogens with zero attached hydrogens (tertiary/aromatic N) is 1. The minimum atomic E-state index is -3.88. The first-order chi connectivity index (χ1) is 9.81. The van der Waals surface area contributed by atoms with Gasteiger partial charge in [0.25, 0.3) is 0 Å². The van der Waals surface area contributed by atoms with Crippen molar-refractivity contribution < 1.29 is 12.8 Å². The van der Waals surface area contributed by atoms with Gasteiger partial charge in [0.2, 0.25) is 10.0 Å². The Morgan fingerprint density at radius 3 is 2.71 bits per heavy atom. The zero-order valence-electron chi connectivity index (χ0n) is 11.7. The number of nitrogens with two attached hydrogens (primary N) is 1. The molecule has 0 aliphatic rings. The predicted molar refractivity (Wildman–Crippen MR) is 78.5 cm³/mol. The van der Waals surface area contributed by atoms with E-state index in [9.17, 15) is 12.8 Å². The molecule has 1 atom stereocenters. The lowest BCUT2D eigenvalue weighted by molar-refractivity contribution is 0.561. The van der Waals surface area contributed by atoms with Crippen molar-refractivity contribution in [2.75, 3.05) is 5.73 Å². The van der Waals surface area contributed by atoms with Gasteiger partial charge in [-0.3, -0.25) is 4.98 Å². The summed E-state index contributed by atoms with van der Waals surface area (Å²) >= 11 is 0. The van der Waals surface area contributed by atoms with Crippen LogP contribution in [0.2, 0.25) is 0 Å². The number of nitrogens with one attached hydrogen (secondary N) is 1. The zero-order chi connectivity index (χ0) is 15.6. The average Bonchev–Trinajstić information content (AvgIpc) is 2.43. The van der Waals surface area contributed by atoms with Gasteiger partial charge in [-0.05, 0) is 37.6 Å². The van der Waals surface area contributed by atoms with Gasteiger partial charge in [0.1, 0.15) is 5.82 Å². The average molecular weight is 309 g/mol. The van der Waals surface area contributed by atoms with Crippen LogP contribution in [0.15, 0.2) is 41.6 Å². The lowest BCUT2D eigenvalue weighted by Gasteiger charge is -2.16. The lowest BCUT2D eigenvalue weighted by Crippen LogP contribution is -2.28. The van der Waals surface area contributed by atoms with Gasteiger partial charge in [-0.2, -0.15) is 0 Å². The highest BCUT2D eigenvalue weighted by molar-refractivity contribution is 7.89. The number of hydrogen-bond donors (Lipinski definition) is 2. The summed E-state index contributed by atoms with van der Waals surface area (Å²) in [6, 6.07) is 5.32. The maximum atomic E-state index is 13.6. The van der Waals surface area contributed by atoms with Crippen molar-refractivity contribution in [1.29, 1.82) is 0 Å². The number of halogens is 1. The van der Waals surface area contributed by atoms with E-state index in [1.54, 1.807) is 31.5 Å². The second-order valence-corrected chi connectivity index (χ2v) is 6.44. The van der Waals surface area contributed by atoms with Gasteiger partial charge < -0.3 is 5.73 Å². The molecule has 2 rings (SSSR count). The van der Waals surface area contributed by atoms with Gasteiger partial charge >= 0.3 is 0 Å². The number of anilines is 1. The van der Waals surface area contributed by atoms with Gasteiger partial charge in [0.15, 0.2) is 0 Å². The zero-order valence-corrected chi connectivity index (χ0v) is 12.5. The van der Waals surface area contributed by atoms with Crippen molar-refractivity contribution in [1.82, 2.24) is 9.71 Å². The van der Waals surface area contributed by atoms with Gasteiger partial charge in [-0.1, -0.05) is 6.07 Å². The largest absolute Gasteiger partial charge is 0.399 e. The first kappa shape index (κ1) is 15.4. The van der Waals surface area contributed by atoms with E-state index in [0.717, 1.165) is 6.07 Å². The monoisotopic (exact) mass is 309 g/mol. The fraction of sp³-hybridized carbons (Fsp3) is 0.214. The maximum Gasteiger partial charge on any atom is 0.241 e. The van der Waals surface area contributed by atoms with E-state index < -0.39 is 21.9 Å². The molecular weight excluding hydrogens is 293 g/mol. The molecule has 1 heterocycles. The van der Waals surface area contributed by atoms with Crippen LogP contribution in [0.3, 0.4) is 0 Å². The minimum absolute atomic E-state index is 0.0371. The van der Waals surface area contributed by atoms with Crippen LogP contribution in [0.4, 0.5) is 10.1 Å². The fourth-order valence-electron chi connectivity index (χ4n) is 1.95. The molecule has 1 aromatic carbocycles. The highest BCUT2D eigenvalue weighted by Crippen LogP contribution is 2.23. The molecule has 0 saturated heterocycles. The second-order valence-electron chi connectivity index (χ2n) is 4.76. The molecule has 0 bridgehead atoms. The standard InChI is InChI=1S/C14H16FN3O2S/c1-9-13(15)6-12(16)7-14(9)21(19,20)18-10(2)11-4-3-5-17-8-11/h3-8,10,18H,16H2,1-2H3. The van der Waals surface area contributed by atoms with Crippen LogP contribution >= 0.6 is 0 Å². The molecule has 112 valence electrons. The van der Waals surface area contributed by atoms with E-state index in [0.29, 0.717) is 5.56 Å². The number of nitrogen functional groups attached to an aromatic ring is 1. The summed E-state index contributed by atoms with van der Waals surface area (Å²) in [5, 5.41) is 0. The Morgan fingerprint density at radius 1 is 1.38 bits per heavy atom. The van der Waals surface area contributed by atoms with Crippen molar-refractivity contribution in [3.8, 4) is 0 Å². The molecule has 0 amide bonds. The van der Waals surface area contributed by atoms with E-state index in [1.807, 2.05) is 0 Å². The Hall–Kier alpha value is -1.99. The van der Waals surface area contributed by atoms with Crippen molar-refractivity contribution in [2.24, 2.45) is 0 Å². The molecule has 0 radical (unpaired) electrons. The second kappa shape index (κ2) is 5.79. The number of rotatable bonds is 4. The van der Waals surface area contributed by atoms with E-state index in [1.165, 1.54) is 13.0 Å². The summed E-state index contributed by atoms with van der Waals surface area (Å²) in [7, 11) is -3.88.